The quantitative estimate of drug-likeness (QED) is 0.664. The zero-order valence-corrected chi connectivity index (χ0v) is 6.23. The maximum atomic E-state index is 9.26. The van der Waals surface area contributed by atoms with Crippen molar-refractivity contribution in [2.24, 2.45) is 7.05 Å². The molecule has 0 fully saturated rings. The van der Waals surface area contributed by atoms with Crippen LogP contribution in [-0.4, -0.2) is 14.9 Å². The summed E-state index contributed by atoms with van der Waals surface area (Å²) in [6.07, 6.45) is 2.67. The Morgan fingerprint density at radius 2 is 2.64 bits per heavy atom. The van der Waals surface area contributed by atoms with Gasteiger partial charge in [0.2, 0.25) is 0 Å². The van der Waals surface area contributed by atoms with E-state index in [4.69, 9.17) is 5.26 Å². The van der Waals surface area contributed by atoms with Crippen molar-refractivity contribution in [1.29, 1.82) is 5.26 Å². The smallest absolute Gasteiger partial charge is 0.0950 e. The van der Waals surface area contributed by atoms with E-state index < -0.39 is 6.10 Å². The third-order valence-electron chi connectivity index (χ3n) is 1.39. The fourth-order valence-corrected chi connectivity index (χ4v) is 0.817. The molecular formula is C7H9N3O. The van der Waals surface area contributed by atoms with Gasteiger partial charge in [-0.05, 0) is 0 Å². The Morgan fingerprint density at radius 3 is 3.09 bits per heavy atom. The first-order valence-corrected chi connectivity index (χ1v) is 3.27. The van der Waals surface area contributed by atoms with E-state index in [1.165, 1.54) is 0 Å². The molecular weight excluding hydrogens is 142 g/mol. The number of aliphatic hydroxyl groups excluding tert-OH is 1. The number of nitriles is 1. The summed E-state index contributed by atoms with van der Waals surface area (Å²) in [6.45, 7) is 0. The lowest BCUT2D eigenvalue weighted by atomic mass is 10.1. The molecule has 4 nitrogen and oxygen atoms in total. The van der Waals surface area contributed by atoms with Gasteiger partial charge in [0.1, 0.15) is 0 Å². The fraction of sp³-hybridized carbons (Fsp3) is 0.429. The molecule has 0 aromatic carbocycles. The molecule has 0 spiro atoms. The summed E-state index contributed by atoms with van der Waals surface area (Å²) in [5, 5.41) is 21.4. The van der Waals surface area contributed by atoms with Crippen molar-refractivity contribution < 1.29 is 5.11 Å². The van der Waals surface area contributed by atoms with E-state index >= 15 is 0 Å². The van der Waals surface area contributed by atoms with Crippen LogP contribution in [0.2, 0.25) is 0 Å². The van der Waals surface area contributed by atoms with E-state index in [-0.39, 0.29) is 6.42 Å². The molecule has 0 aliphatic heterocycles. The highest BCUT2D eigenvalue weighted by Crippen LogP contribution is 2.13. The topological polar surface area (TPSA) is 61.8 Å². The van der Waals surface area contributed by atoms with E-state index in [0.29, 0.717) is 5.56 Å². The summed E-state index contributed by atoms with van der Waals surface area (Å²) in [4.78, 5) is 0. The summed E-state index contributed by atoms with van der Waals surface area (Å²) in [5.74, 6) is 0. The normalized spacial score (nSPS) is 12.5. The maximum Gasteiger partial charge on any atom is 0.0950 e. The molecule has 1 heterocycles. The van der Waals surface area contributed by atoms with Crippen LogP contribution >= 0.6 is 0 Å². The second-order valence-electron chi connectivity index (χ2n) is 2.33. The molecule has 58 valence electrons. The van der Waals surface area contributed by atoms with Crippen molar-refractivity contribution in [3.05, 3.63) is 18.0 Å². The number of aliphatic hydroxyl groups is 1. The predicted molar refractivity (Wildman–Crippen MR) is 38.4 cm³/mol. The third-order valence-corrected chi connectivity index (χ3v) is 1.39. The summed E-state index contributed by atoms with van der Waals surface area (Å²) < 4.78 is 1.59. The molecule has 0 aliphatic carbocycles. The first kappa shape index (κ1) is 7.76. The molecule has 0 saturated heterocycles. The SMILES string of the molecule is Cn1cc(C(O)CC#N)cn1. The monoisotopic (exact) mass is 151 g/mol. The largest absolute Gasteiger partial charge is 0.387 e. The van der Waals surface area contributed by atoms with Crippen LogP contribution in [0, 0.1) is 11.3 Å². The lowest BCUT2D eigenvalue weighted by Crippen LogP contribution is -1.93. The summed E-state index contributed by atoms with van der Waals surface area (Å²) in [7, 11) is 1.77. The molecule has 11 heavy (non-hydrogen) atoms. The van der Waals surface area contributed by atoms with Crippen molar-refractivity contribution >= 4 is 0 Å². The van der Waals surface area contributed by atoms with Gasteiger partial charge in [0.05, 0.1) is 24.8 Å². The Labute approximate surface area is 64.7 Å². The molecule has 0 aliphatic rings. The number of hydrogen-bond donors (Lipinski definition) is 1. The average Bonchev–Trinajstić information content (AvgIpc) is 2.36. The van der Waals surface area contributed by atoms with Gasteiger partial charge < -0.3 is 5.11 Å². The van der Waals surface area contributed by atoms with Gasteiger partial charge in [0.15, 0.2) is 0 Å². The van der Waals surface area contributed by atoms with E-state index in [9.17, 15) is 5.11 Å². The molecule has 0 bridgehead atoms. The van der Waals surface area contributed by atoms with Gasteiger partial charge >= 0.3 is 0 Å². The van der Waals surface area contributed by atoms with Gasteiger partial charge in [-0.3, -0.25) is 4.68 Å². The second kappa shape index (κ2) is 3.17. The van der Waals surface area contributed by atoms with Gasteiger partial charge in [-0.1, -0.05) is 0 Å². The van der Waals surface area contributed by atoms with Gasteiger partial charge in [-0.15, -0.1) is 0 Å². The minimum Gasteiger partial charge on any atom is -0.387 e. The molecule has 1 rings (SSSR count). The molecule has 1 atom stereocenters. The Kier molecular flexibility index (Phi) is 2.24. The van der Waals surface area contributed by atoms with Crippen LogP contribution in [0.25, 0.3) is 0 Å². The van der Waals surface area contributed by atoms with Gasteiger partial charge in [-0.2, -0.15) is 10.4 Å². The number of hydrogen-bond acceptors (Lipinski definition) is 3. The summed E-state index contributed by atoms with van der Waals surface area (Å²) in [5.41, 5.74) is 0.689. The van der Waals surface area contributed by atoms with Crippen LogP contribution in [0.5, 0.6) is 0 Å². The highest BCUT2D eigenvalue weighted by Gasteiger charge is 2.07. The summed E-state index contributed by atoms with van der Waals surface area (Å²) >= 11 is 0. The average molecular weight is 151 g/mol. The number of aryl methyl sites for hydroxylation is 1. The van der Waals surface area contributed by atoms with Crippen molar-refractivity contribution in [2.45, 2.75) is 12.5 Å². The number of nitrogens with zero attached hydrogens (tertiary/aromatic N) is 3. The van der Waals surface area contributed by atoms with Crippen LogP contribution in [0.3, 0.4) is 0 Å². The Bertz CT molecular complexity index is 273. The van der Waals surface area contributed by atoms with Gasteiger partial charge in [0.25, 0.3) is 0 Å². The molecule has 4 heteroatoms. The molecule has 1 aromatic heterocycles. The van der Waals surface area contributed by atoms with Crippen molar-refractivity contribution in [3.63, 3.8) is 0 Å². The van der Waals surface area contributed by atoms with E-state index in [1.54, 1.807) is 24.1 Å². The first-order chi connectivity index (χ1) is 5.24. The van der Waals surface area contributed by atoms with Crippen LogP contribution in [-0.2, 0) is 7.05 Å². The zero-order chi connectivity index (χ0) is 8.27. The van der Waals surface area contributed by atoms with Crippen LogP contribution in [0.4, 0.5) is 0 Å². The van der Waals surface area contributed by atoms with Crippen molar-refractivity contribution in [1.82, 2.24) is 9.78 Å². The Morgan fingerprint density at radius 1 is 1.91 bits per heavy atom. The standard InChI is InChI=1S/C7H9N3O/c1-10-5-6(4-9-10)7(11)2-3-8/h4-5,7,11H,2H2,1H3. The zero-order valence-electron chi connectivity index (χ0n) is 6.23. The van der Waals surface area contributed by atoms with Crippen LogP contribution < -0.4 is 0 Å². The van der Waals surface area contributed by atoms with E-state index in [1.807, 2.05) is 6.07 Å². The molecule has 0 amide bonds. The molecule has 1 unspecified atom stereocenters. The third kappa shape index (κ3) is 1.79. The Hall–Kier alpha value is -1.34. The molecule has 1 aromatic rings. The molecule has 0 saturated carbocycles. The van der Waals surface area contributed by atoms with Crippen LogP contribution in [0.15, 0.2) is 12.4 Å². The second-order valence-corrected chi connectivity index (χ2v) is 2.33. The maximum absolute atomic E-state index is 9.26. The summed E-state index contributed by atoms with van der Waals surface area (Å²) in [6, 6.07) is 1.89. The molecule has 1 N–H and O–H groups in total. The van der Waals surface area contributed by atoms with E-state index in [0.717, 1.165) is 0 Å². The number of aromatic nitrogens is 2. The molecule has 0 radical (unpaired) electrons. The van der Waals surface area contributed by atoms with Crippen molar-refractivity contribution in [3.8, 4) is 6.07 Å². The highest BCUT2D eigenvalue weighted by atomic mass is 16.3. The lowest BCUT2D eigenvalue weighted by molar-refractivity contribution is 0.183. The van der Waals surface area contributed by atoms with Crippen LogP contribution in [0.1, 0.15) is 18.1 Å². The highest BCUT2D eigenvalue weighted by molar-refractivity contribution is 5.09. The number of rotatable bonds is 2. The minimum atomic E-state index is -0.700. The predicted octanol–water partition coefficient (Wildman–Crippen LogP) is 0.367. The minimum absolute atomic E-state index is 0.117. The van der Waals surface area contributed by atoms with Gasteiger partial charge in [-0.25, -0.2) is 0 Å². The lowest BCUT2D eigenvalue weighted by Gasteiger charge is -1.99. The van der Waals surface area contributed by atoms with Crippen molar-refractivity contribution in [2.75, 3.05) is 0 Å². The fourth-order valence-electron chi connectivity index (χ4n) is 0.817. The van der Waals surface area contributed by atoms with Gasteiger partial charge in [0, 0.05) is 18.8 Å². The van der Waals surface area contributed by atoms with E-state index in [2.05, 4.69) is 5.10 Å². The Balaban J connectivity index is 2.70. The first-order valence-electron chi connectivity index (χ1n) is 3.27.